The first kappa shape index (κ1) is 20.8. The molecule has 0 atom stereocenters. The Morgan fingerprint density at radius 2 is 1.34 bits per heavy atom. The number of rotatable bonds is 7. The molecule has 0 aliphatic heterocycles. The molecule has 156 valence electrons. The predicted molar refractivity (Wildman–Crippen MR) is 127 cm³/mol. The fourth-order valence-electron chi connectivity index (χ4n) is 3.73. The molecule has 0 saturated carbocycles. The van der Waals surface area contributed by atoms with Gasteiger partial charge in [-0.25, -0.2) is 0 Å². The van der Waals surface area contributed by atoms with Crippen LogP contribution < -0.4 is 4.90 Å². The lowest BCUT2D eigenvalue weighted by molar-refractivity contribution is 0.394. The molecule has 0 amide bonds. The first-order valence-electron chi connectivity index (χ1n) is 10.4. The van der Waals surface area contributed by atoms with Gasteiger partial charge in [0.05, 0.1) is 6.54 Å². The molecule has 1 heterocycles. The van der Waals surface area contributed by atoms with Gasteiger partial charge in [-0.2, -0.15) is 10.5 Å². The minimum atomic E-state index is 0.440. The Bertz CT molecular complexity index is 1210. The van der Waals surface area contributed by atoms with Crippen molar-refractivity contribution >= 4 is 11.4 Å². The summed E-state index contributed by atoms with van der Waals surface area (Å²) < 4.78 is 1.88. The highest BCUT2D eigenvalue weighted by molar-refractivity contribution is 5.63. The van der Waals surface area contributed by atoms with E-state index in [9.17, 15) is 10.5 Å². The molecule has 0 saturated heterocycles. The van der Waals surface area contributed by atoms with E-state index in [4.69, 9.17) is 0 Å². The molecule has 5 nitrogen and oxygen atoms in total. The van der Waals surface area contributed by atoms with Gasteiger partial charge in [0, 0.05) is 24.1 Å². The molecule has 0 fully saturated rings. The molecule has 0 aliphatic rings. The topological polar surface area (TPSA) is 59.0 Å². The van der Waals surface area contributed by atoms with E-state index < -0.39 is 0 Å². The van der Waals surface area contributed by atoms with Crippen LogP contribution in [0.1, 0.15) is 11.3 Å². The second-order valence-electron chi connectivity index (χ2n) is 7.51. The first-order chi connectivity index (χ1) is 15.7. The normalized spacial score (nSPS) is 10.2. The molecule has 1 aromatic heterocycles. The quantitative estimate of drug-likeness (QED) is 0.222. The second kappa shape index (κ2) is 9.55. The SMILES string of the molecule is Cn1c(C#N)ccc1-c1ccc(CN(C#N)CN(c2ccccc2)c2ccccc2)cc1. The van der Waals surface area contributed by atoms with Crippen LogP contribution in [-0.2, 0) is 13.6 Å². The highest BCUT2D eigenvalue weighted by atomic mass is 15.3. The van der Waals surface area contributed by atoms with Crippen molar-refractivity contribution in [2.75, 3.05) is 11.6 Å². The second-order valence-corrected chi connectivity index (χ2v) is 7.51. The molecule has 0 spiro atoms. The summed E-state index contributed by atoms with van der Waals surface area (Å²) in [6, 6.07) is 34.3. The van der Waals surface area contributed by atoms with Crippen molar-refractivity contribution in [1.82, 2.24) is 9.47 Å². The molecular formula is C27H23N5. The lowest BCUT2D eigenvalue weighted by Gasteiger charge is -2.29. The zero-order chi connectivity index (χ0) is 22.3. The number of anilines is 2. The largest absolute Gasteiger partial charge is 0.335 e. The van der Waals surface area contributed by atoms with Crippen LogP contribution in [0.3, 0.4) is 0 Å². The first-order valence-corrected chi connectivity index (χ1v) is 10.4. The Morgan fingerprint density at radius 1 is 0.750 bits per heavy atom. The fraction of sp³-hybridized carbons (Fsp3) is 0.111. The Balaban J connectivity index is 1.53. The van der Waals surface area contributed by atoms with Crippen molar-refractivity contribution in [1.29, 1.82) is 10.5 Å². The van der Waals surface area contributed by atoms with Gasteiger partial charge in [0.1, 0.15) is 18.4 Å². The molecule has 32 heavy (non-hydrogen) atoms. The molecule has 0 radical (unpaired) electrons. The summed E-state index contributed by atoms with van der Waals surface area (Å²) in [6.07, 6.45) is 2.34. The third kappa shape index (κ3) is 4.48. The average Bonchev–Trinajstić information content (AvgIpc) is 3.23. The van der Waals surface area contributed by atoms with Crippen molar-refractivity contribution in [2.45, 2.75) is 6.54 Å². The highest BCUT2D eigenvalue weighted by Crippen LogP contribution is 2.26. The van der Waals surface area contributed by atoms with Gasteiger partial charge in [-0.05, 0) is 47.5 Å². The number of aromatic nitrogens is 1. The maximum Gasteiger partial charge on any atom is 0.181 e. The Kier molecular flexibility index (Phi) is 6.20. The number of para-hydroxylation sites is 2. The number of nitriles is 2. The lowest BCUT2D eigenvalue weighted by Crippen LogP contribution is -2.31. The van der Waals surface area contributed by atoms with Crippen molar-refractivity contribution in [3.63, 3.8) is 0 Å². The van der Waals surface area contributed by atoms with E-state index >= 15 is 0 Å². The molecule has 0 unspecified atom stereocenters. The van der Waals surface area contributed by atoms with Crippen LogP contribution in [0.5, 0.6) is 0 Å². The van der Waals surface area contributed by atoms with E-state index in [1.807, 2.05) is 109 Å². The Labute approximate surface area is 188 Å². The van der Waals surface area contributed by atoms with Crippen LogP contribution in [0.2, 0.25) is 0 Å². The standard InChI is InChI=1S/C27H23N5/c1-30-26(18-28)16-17-27(30)23-14-12-22(13-15-23)19-31(20-29)21-32(24-8-4-2-5-9-24)25-10-6-3-7-11-25/h2-17H,19,21H2,1H3. The minimum Gasteiger partial charge on any atom is -0.335 e. The number of benzene rings is 3. The lowest BCUT2D eigenvalue weighted by atomic mass is 10.1. The Morgan fingerprint density at radius 3 is 1.84 bits per heavy atom. The molecule has 0 aliphatic carbocycles. The van der Waals surface area contributed by atoms with Gasteiger partial charge < -0.3 is 9.47 Å². The van der Waals surface area contributed by atoms with Crippen molar-refractivity contribution in [3.8, 4) is 23.5 Å². The van der Waals surface area contributed by atoms with Crippen molar-refractivity contribution < 1.29 is 0 Å². The van der Waals surface area contributed by atoms with E-state index in [-0.39, 0.29) is 0 Å². The summed E-state index contributed by atoms with van der Waals surface area (Å²) in [4.78, 5) is 3.87. The summed E-state index contributed by atoms with van der Waals surface area (Å²) >= 11 is 0. The smallest absolute Gasteiger partial charge is 0.181 e. The van der Waals surface area contributed by atoms with Crippen LogP contribution in [-0.4, -0.2) is 16.1 Å². The minimum absolute atomic E-state index is 0.440. The number of nitrogens with zero attached hydrogens (tertiary/aromatic N) is 5. The third-order valence-electron chi connectivity index (χ3n) is 5.45. The van der Waals surface area contributed by atoms with E-state index in [1.54, 1.807) is 4.90 Å². The fourth-order valence-corrected chi connectivity index (χ4v) is 3.73. The van der Waals surface area contributed by atoms with Gasteiger partial charge in [0.2, 0.25) is 0 Å². The Hall–Kier alpha value is -4.48. The summed E-state index contributed by atoms with van der Waals surface area (Å²) in [5.41, 5.74) is 5.77. The van der Waals surface area contributed by atoms with E-state index in [1.165, 1.54) is 0 Å². The van der Waals surface area contributed by atoms with Crippen molar-refractivity contribution in [2.24, 2.45) is 7.05 Å². The number of hydrogen-bond donors (Lipinski definition) is 0. The van der Waals surface area contributed by atoms with Gasteiger partial charge in [-0.1, -0.05) is 60.7 Å². The molecule has 0 N–H and O–H groups in total. The molecule has 4 rings (SSSR count). The van der Waals surface area contributed by atoms with Crippen LogP contribution in [0.4, 0.5) is 11.4 Å². The molecule has 4 aromatic rings. The summed E-state index contributed by atoms with van der Waals surface area (Å²) in [6.45, 7) is 0.944. The van der Waals surface area contributed by atoms with Gasteiger partial charge in [-0.3, -0.25) is 4.90 Å². The monoisotopic (exact) mass is 417 g/mol. The summed E-state index contributed by atoms with van der Waals surface area (Å²) in [5, 5.41) is 19.0. The van der Waals surface area contributed by atoms with Gasteiger partial charge >= 0.3 is 0 Å². The van der Waals surface area contributed by atoms with Crippen LogP contribution >= 0.6 is 0 Å². The van der Waals surface area contributed by atoms with Gasteiger partial charge in [-0.15, -0.1) is 0 Å². The van der Waals surface area contributed by atoms with Crippen LogP contribution in [0.25, 0.3) is 11.3 Å². The van der Waals surface area contributed by atoms with Gasteiger partial charge in [0.25, 0.3) is 0 Å². The molecular weight excluding hydrogens is 394 g/mol. The van der Waals surface area contributed by atoms with E-state index in [2.05, 4.69) is 17.2 Å². The molecule has 0 bridgehead atoms. The summed E-state index contributed by atoms with van der Waals surface area (Å²) in [7, 11) is 1.89. The predicted octanol–water partition coefficient (Wildman–Crippen LogP) is 5.64. The van der Waals surface area contributed by atoms with Crippen LogP contribution in [0, 0.1) is 22.8 Å². The third-order valence-corrected chi connectivity index (χ3v) is 5.45. The molecule has 5 heteroatoms. The van der Waals surface area contributed by atoms with E-state index in [0.29, 0.717) is 18.9 Å². The zero-order valence-electron chi connectivity index (χ0n) is 17.9. The van der Waals surface area contributed by atoms with E-state index in [0.717, 1.165) is 28.2 Å². The van der Waals surface area contributed by atoms with Gasteiger partial charge in [0.15, 0.2) is 6.19 Å². The maximum atomic E-state index is 9.84. The van der Waals surface area contributed by atoms with Crippen LogP contribution in [0.15, 0.2) is 97.1 Å². The number of hydrogen-bond acceptors (Lipinski definition) is 4. The average molecular weight is 418 g/mol. The zero-order valence-corrected chi connectivity index (χ0v) is 17.9. The summed E-state index contributed by atoms with van der Waals surface area (Å²) in [5.74, 6) is 0. The highest BCUT2D eigenvalue weighted by Gasteiger charge is 2.14. The maximum absolute atomic E-state index is 9.84. The molecule has 3 aromatic carbocycles. The van der Waals surface area contributed by atoms with Crippen molar-refractivity contribution in [3.05, 3.63) is 108 Å².